The van der Waals surface area contributed by atoms with Gasteiger partial charge in [0.2, 0.25) is 5.95 Å². The fraction of sp³-hybridized carbons (Fsp3) is 0.765. The van der Waals surface area contributed by atoms with Crippen LogP contribution < -0.4 is 10.6 Å². The summed E-state index contributed by atoms with van der Waals surface area (Å²) in [5.41, 5.74) is 0.974. The van der Waals surface area contributed by atoms with Crippen molar-refractivity contribution in [2.24, 2.45) is 11.8 Å². The number of hydrogen-bond donors (Lipinski definition) is 4. The SMILES string of the molecule is Cc1cnc(NC(CCO)C(C)C)nc1NC(CCO)C(C)C. The third-order valence-corrected chi connectivity index (χ3v) is 4.10. The highest BCUT2D eigenvalue weighted by Crippen LogP contribution is 2.19. The first-order valence-electron chi connectivity index (χ1n) is 8.47. The second-order valence-corrected chi connectivity index (χ2v) is 6.74. The van der Waals surface area contributed by atoms with Crippen LogP contribution in [0.5, 0.6) is 0 Å². The molecule has 23 heavy (non-hydrogen) atoms. The number of aliphatic hydroxyl groups is 2. The van der Waals surface area contributed by atoms with Crippen LogP contribution in [-0.2, 0) is 0 Å². The van der Waals surface area contributed by atoms with Gasteiger partial charge in [-0.2, -0.15) is 4.98 Å². The number of rotatable bonds is 10. The van der Waals surface area contributed by atoms with Crippen LogP contribution >= 0.6 is 0 Å². The highest BCUT2D eigenvalue weighted by molar-refractivity contribution is 5.47. The number of anilines is 2. The fourth-order valence-corrected chi connectivity index (χ4v) is 2.42. The minimum Gasteiger partial charge on any atom is -0.396 e. The summed E-state index contributed by atoms with van der Waals surface area (Å²) in [5.74, 6) is 2.13. The summed E-state index contributed by atoms with van der Waals surface area (Å²) in [6, 6.07) is 0.300. The molecular formula is C17H32N4O2. The van der Waals surface area contributed by atoms with E-state index in [1.807, 2.05) is 6.92 Å². The highest BCUT2D eigenvalue weighted by Gasteiger charge is 2.17. The molecule has 6 heteroatoms. The number of nitrogens with zero attached hydrogens (tertiary/aromatic N) is 2. The Balaban J connectivity index is 2.89. The van der Waals surface area contributed by atoms with E-state index in [9.17, 15) is 10.2 Å². The van der Waals surface area contributed by atoms with Crippen molar-refractivity contribution in [3.05, 3.63) is 11.8 Å². The minimum atomic E-state index is 0.133. The first kappa shape index (κ1) is 19.6. The Morgan fingerprint density at radius 1 is 0.957 bits per heavy atom. The standard InChI is InChI=1S/C17H32N4O2/c1-11(2)14(6-8-22)19-16-13(5)10-18-17(21-16)20-15(7-9-23)12(3)4/h10-12,14-15,22-23H,6-9H2,1-5H3,(H2,18,19,20,21). The molecule has 0 bridgehead atoms. The van der Waals surface area contributed by atoms with Gasteiger partial charge in [0.1, 0.15) is 5.82 Å². The molecule has 1 aromatic rings. The van der Waals surface area contributed by atoms with E-state index >= 15 is 0 Å². The molecule has 0 spiro atoms. The van der Waals surface area contributed by atoms with Crippen molar-refractivity contribution in [1.29, 1.82) is 0 Å². The monoisotopic (exact) mass is 324 g/mol. The lowest BCUT2D eigenvalue weighted by molar-refractivity contribution is 0.267. The summed E-state index contributed by atoms with van der Waals surface area (Å²) in [6.45, 7) is 10.7. The van der Waals surface area contributed by atoms with Gasteiger partial charge in [0.05, 0.1) is 0 Å². The van der Waals surface area contributed by atoms with Crippen LogP contribution in [0.2, 0.25) is 0 Å². The van der Waals surface area contributed by atoms with E-state index < -0.39 is 0 Å². The Bertz CT molecular complexity index is 466. The van der Waals surface area contributed by atoms with Gasteiger partial charge in [-0.1, -0.05) is 27.7 Å². The van der Waals surface area contributed by atoms with Crippen molar-refractivity contribution >= 4 is 11.8 Å². The lowest BCUT2D eigenvalue weighted by atomic mass is 10.0. The van der Waals surface area contributed by atoms with Gasteiger partial charge in [-0.3, -0.25) is 0 Å². The molecule has 0 aliphatic heterocycles. The third-order valence-electron chi connectivity index (χ3n) is 4.10. The molecule has 6 nitrogen and oxygen atoms in total. The molecule has 1 rings (SSSR count). The molecule has 0 radical (unpaired) electrons. The van der Waals surface area contributed by atoms with Gasteiger partial charge in [0.15, 0.2) is 0 Å². The molecule has 0 fully saturated rings. The lowest BCUT2D eigenvalue weighted by Crippen LogP contribution is -2.29. The van der Waals surface area contributed by atoms with Crippen molar-refractivity contribution in [2.45, 2.75) is 59.5 Å². The van der Waals surface area contributed by atoms with Crippen LogP contribution in [0.25, 0.3) is 0 Å². The molecule has 0 saturated heterocycles. The molecule has 0 aliphatic carbocycles. The summed E-state index contributed by atoms with van der Waals surface area (Å²) in [4.78, 5) is 8.93. The average molecular weight is 324 g/mol. The second-order valence-electron chi connectivity index (χ2n) is 6.74. The van der Waals surface area contributed by atoms with Gasteiger partial charge in [-0.05, 0) is 31.6 Å². The second kappa shape index (κ2) is 9.67. The maximum atomic E-state index is 9.22. The van der Waals surface area contributed by atoms with E-state index in [0.29, 0.717) is 30.6 Å². The molecule has 0 amide bonds. The Morgan fingerprint density at radius 3 is 1.96 bits per heavy atom. The maximum Gasteiger partial charge on any atom is 0.224 e. The third kappa shape index (κ3) is 6.31. The van der Waals surface area contributed by atoms with Gasteiger partial charge in [-0.15, -0.1) is 0 Å². The van der Waals surface area contributed by atoms with Crippen molar-refractivity contribution in [3.63, 3.8) is 0 Å². The topological polar surface area (TPSA) is 90.3 Å². The molecule has 0 saturated carbocycles. The van der Waals surface area contributed by atoms with Crippen LogP contribution in [-0.4, -0.2) is 45.5 Å². The van der Waals surface area contributed by atoms with E-state index in [1.165, 1.54) is 0 Å². The summed E-state index contributed by atoms with van der Waals surface area (Å²) in [5, 5.41) is 25.1. The highest BCUT2D eigenvalue weighted by atomic mass is 16.3. The molecule has 0 aromatic carbocycles. The van der Waals surface area contributed by atoms with E-state index in [-0.39, 0.29) is 25.3 Å². The van der Waals surface area contributed by atoms with Crippen LogP contribution in [0.3, 0.4) is 0 Å². The molecule has 2 atom stereocenters. The molecule has 1 aromatic heterocycles. The van der Waals surface area contributed by atoms with Gasteiger partial charge < -0.3 is 20.8 Å². The maximum absolute atomic E-state index is 9.22. The molecule has 4 N–H and O–H groups in total. The normalized spacial score (nSPS) is 14.1. The predicted octanol–water partition coefficient (Wildman–Crippen LogP) is 2.42. The van der Waals surface area contributed by atoms with Crippen molar-refractivity contribution in [1.82, 2.24) is 9.97 Å². The van der Waals surface area contributed by atoms with Crippen molar-refractivity contribution in [3.8, 4) is 0 Å². The molecule has 1 heterocycles. The van der Waals surface area contributed by atoms with Gasteiger partial charge >= 0.3 is 0 Å². The number of aliphatic hydroxyl groups excluding tert-OH is 2. The Morgan fingerprint density at radius 2 is 1.48 bits per heavy atom. The quantitative estimate of drug-likeness (QED) is 0.528. The van der Waals surface area contributed by atoms with E-state index in [2.05, 4.69) is 48.3 Å². The first-order valence-corrected chi connectivity index (χ1v) is 8.47. The lowest BCUT2D eigenvalue weighted by Gasteiger charge is -2.25. The number of hydrogen-bond acceptors (Lipinski definition) is 6. The van der Waals surface area contributed by atoms with Crippen LogP contribution in [0.15, 0.2) is 6.20 Å². The molecular weight excluding hydrogens is 292 g/mol. The van der Waals surface area contributed by atoms with E-state index in [0.717, 1.165) is 11.4 Å². The van der Waals surface area contributed by atoms with Crippen LogP contribution in [0.1, 0.15) is 46.1 Å². The smallest absolute Gasteiger partial charge is 0.224 e. The Labute approximate surface area is 139 Å². The predicted molar refractivity (Wildman–Crippen MR) is 94.7 cm³/mol. The van der Waals surface area contributed by atoms with E-state index in [1.54, 1.807) is 6.20 Å². The van der Waals surface area contributed by atoms with Gasteiger partial charge in [-0.25, -0.2) is 4.98 Å². The number of aryl methyl sites for hydroxylation is 1. The van der Waals surface area contributed by atoms with Crippen LogP contribution in [0, 0.1) is 18.8 Å². The average Bonchev–Trinajstić information content (AvgIpc) is 2.49. The van der Waals surface area contributed by atoms with Crippen LogP contribution in [0.4, 0.5) is 11.8 Å². The largest absolute Gasteiger partial charge is 0.396 e. The summed E-state index contributed by atoms with van der Waals surface area (Å²) in [6.07, 6.45) is 3.14. The van der Waals surface area contributed by atoms with Gasteiger partial charge in [0.25, 0.3) is 0 Å². The molecule has 0 aliphatic rings. The Kier molecular flexibility index (Phi) is 8.26. The van der Waals surface area contributed by atoms with Crippen molar-refractivity contribution < 1.29 is 10.2 Å². The summed E-state index contributed by atoms with van der Waals surface area (Å²) in [7, 11) is 0. The fourth-order valence-electron chi connectivity index (χ4n) is 2.42. The molecule has 132 valence electrons. The first-order chi connectivity index (χ1) is 10.9. The zero-order chi connectivity index (χ0) is 17.4. The number of nitrogens with one attached hydrogen (secondary N) is 2. The number of aromatic nitrogens is 2. The zero-order valence-electron chi connectivity index (χ0n) is 15.0. The molecule has 2 unspecified atom stereocenters. The van der Waals surface area contributed by atoms with Gasteiger partial charge in [0, 0.05) is 37.1 Å². The summed E-state index contributed by atoms with van der Waals surface area (Å²) >= 11 is 0. The Hall–Kier alpha value is -1.40. The minimum absolute atomic E-state index is 0.133. The van der Waals surface area contributed by atoms with E-state index in [4.69, 9.17) is 0 Å². The van der Waals surface area contributed by atoms with Crippen molar-refractivity contribution in [2.75, 3.05) is 23.8 Å². The zero-order valence-corrected chi connectivity index (χ0v) is 15.0. The summed E-state index contributed by atoms with van der Waals surface area (Å²) < 4.78 is 0.